The Morgan fingerprint density at radius 3 is 3.10 bits per heavy atom. The van der Waals surface area contributed by atoms with Gasteiger partial charge in [-0.1, -0.05) is 0 Å². The van der Waals surface area contributed by atoms with Crippen molar-refractivity contribution >= 4 is 38.6 Å². The zero-order valence-corrected chi connectivity index (χ0v) is 12.3. The lowest BCUT2D eigenvalue weighted by molar-refractivity contribution is 0.0554. The first-order chi connectivity index (χ1) is 10.00. The van der Waals surface area contributed by atoms with E-state index in [-0.39, 0.29) is 12.4 Å². The van der Waals surface area contributed by atoms with Gasteiger partial charge in [0.1, 0.15) is 6.07 Å². The minimum atomic E-state index is -3.40. The molecule has 1 aromatic rings. The molecule has 7 nitrogen and oxygen atoms in total. The number of fused-ring (bicyclic) bond motifs is 3. The minimum Gasteiger partial charge on any atom is -0.447 e. The number of nitrogens with zero attached hydrogens (tertiary/aromatic N) is 3. The van der Waals surface area contributed by atoms with Crippen molar-refractivity contribution in [2.24, 2.45) is 4.40 Å². The third kappa shape index (κ3) is 2.59. The molecule has 0 radical (unpaired) electrons. The zero-order valence-electron chi connectivity index (χ0n) is 10.6. The summed E-state index contributed by atoms with van der Waals surface area (Å²) in [4.78, 5) is 14.3. The quantitative estimate of drug-likeness (QED) is 0.748. The summed E-state index contributed by atoms with van der Waals surface area (Å²) in [5.74, 6) is -0.609. The van der Waals surface area contributed by atoms with Gasteiger partial charge in [-0.05, 0) is 30.0 Å². The van der Waals surface area contributed by atoms with Crippen molar-refractivity contribution in [1.82, 2.24) is 0 Å². The first kappa shape index (κ1) is 13.9. The Balaban J connectivity index is 1.91. The summed E-state index contributed by atoms with van der Waals surface area (Å²) in [5.41, 5.74) is 1.14. The highest BCUT2D eigenvalue weighted by Gasteiger charge is 2.33. The van der Waals surface area contributed by atoms with Gasteiger partial charge in [0, 0.05) is 11.4 Å². The third-order valence-electron chi connectivity index (χ3n) is 2.98. The maximum Gasteiger partial charge on any atom is 0.339 e. The van der Waals surface area contributed by atoms with Crippen molar-refractivity contribution in [2.45, 2.75) is 4.90 Å². The lowest BCUT2D eigenvalue weighted by Gasteiger charge is -2.22. The van der Waals surface area contributed by atoms with Crippen LogP contribution in [0.3, 0.4) is 0 Å². The van der Waals surface area contributed by atoms with Crippen LogP contribution < -0.4 is 4.90 Å². The van der Waals surface area contributed by atoms with Crippen LogP contribution >= 0.6 is 11.8 Å². The fourth-order valence-electron chi connectivity index (χ4n) is 2.04. The molecule has 108 valence electrons. The van der Waals surface area contributed by atoms with Crippen molar-refractivity contribution < 1.29 is 17.9 Å². The third-order valence-corrected chi connectivity index (χ3v) is 5.28. The summed E-state index contributed by atoms with van der Waals surface area (Å²) in [6.45, 7) is 0.0412. The fraction of sp³-hybridized carbons (Fsp3) is 0.250. The summed E-state index contributed by atoms with van der Waals surface area (Å²) in [5, 5.41) is 8.80. The molecule has 2 aliphatic heterocycles. The van der Waals surface area contributed by atoms with Crippen LogP contribution in [0.25, 0.3) is 0 Å². The smallest absolute Gasteiger partial charge is 0.339 e. The van der Waals surface area contributed by atoms with Gasteiger partial charge < -0.3 is 9.64 Å². The number of esters is 1. The minimum absolute atomic E-state index is 0.0253. The van der Waals surface area contributed by atoms with E-state index in [1.165, 1.54) is 11.8 Å². The average Bonchev–Trinajstić information content (AvgIpc) is 2.79. The lowest BCUT2D eigenvalue weighted by atomic mass is 10.2. The van der Waals surface area contributed by atoms with Gasteiger partial charge in [-0.25, -0.2) is 13.2 Å². The molecule has 0 saturated heterocycles. The molecule has 0 spiro atoms. The monoisotopic (exact) mass is 323 g/mol. The topological polar surface area (TPSA) is 99.8 Å². The molecule has 21 heavy (non-hydrogen) atoms. The van der Waals surface area contributed by atoms with E-state index in [0.29, 0.717) is 17.3 Å². The second-order valence-electron chi connectivity index (χ2n) is 4.33. The average molecular weight is 323 g/mol. The first-order valence-electron chi connectivity index (χ1n) is 5.96. The van der Waals surface area contributed by atoms with E-state index < -0.39 is 16.0 Å². The SMILES string of the molecule is N#CCOC(=O)c1ccc2c(c1)SC1=NS(=O)(=O)CCN12. The number of thioether (sulfide) groups is 1. The van der Waals surface area contributed by atoms with Gasteiger partial charge >= 0.3 is 5.97 Å². The molecule has 9 heteroatoms. The van der Waals surface area contributed by atoms with E-state index in [4.69, 9.17) is 10.00 Å². The number of carbonyl (C=O) groups excluding carboxylic acids is 1. The van der Waals surface area contributed by atoms with Crippen LogP contribution in [0.5, 0.6) is 0 Å². The van der Waals surface area contributed by atoms with E-state index >= 15 is 0 Å². The molecular weight excluding hydrogens is 314 g/mol. The normalized spacial score (nSPS) is 18.2. The van der Waals surface area contributed by atoms with Gasteiger partial charge in [-0.2, -0.15) is 5.26 Å². The number of sulfonamides is 1. The fourth-order valence-corrected chi connectivity index (χ4v) is 4.33. The highest BCUT2D eigenvalue weighted by atomic mass is 32.2. The Kier molecular flexibility index (Phi) is 3.35. The van der Waals surface area contributed by atoms with Gasteiger partial charge in [0.05, 0.1) is 17.0 Å². The van der Waals surface area contributed by atoms with E-state index in [2.05, 4.69) is 4.40 Å². The molecule has 0 unspecified atom stereocenters. The van der Waals surface area contributed by atoms with Gasteiger partial charge in [0.2, 0.25) is 0 Å². The molecule has 2 aliphatic rings. The van der Waals surface area contributed by atoms with Crippen LogP contribution in [0.4, 0.5) is 5.69 Å². The number of benzene rings is 1. The second kappa shape index (κ2) is 5.05. The van der Waals surface area contributed by atoms with Gasteiger partial charge in [-0.15, -0.1) is 4.40 Å². The molecule has 0 saturated carbocycles. The number of anilines is 1. The van der Waals surface area contributed by atoms with E-state index in [1.807, 2.05) is 4.90 Å². The first-order valence-corrected chi connectivity index (χ1v) is 8.39. The Morgan fingerprint density at radius 2 is 2.33 bits per heavy atom. The number of carbonyl (C=O) groups is 1. The van der Waals surface area contributed by atoms with Gasteiger partial charge in [0.25, 0.3) is 10.0 Å². The molecule has 3 rings (SSSR count). The van der Waals surface area contributed by atoms with Crippen LogP contribution in [-0.2, 0) is 14.8 Å². The Hall–Kier alpha value is -2.05. The van der Waals surface area contributed by atoms with Crippen molar-refractivity contribution in [1.29, 1.82) is 5.26 Å². The molecule has 2 heterocycles. The molecular formula is C12H9N3O4S2. The molecule has 0 aromatic heterocycles. The Bertz CT molecular complexity index is 795. The van der Waals surface area contributed by atoms with Crippen molar-refractivity contribution in [3.05, 3.63) is 23.8 Å². The maximum absolute atomic E-state index is 11.7. The van der Waals surface area contributed by atoms with Crippen LogP contribution in [-0.4, -0.2) is 38.5 Å². The van der Waals surface area contributed by atoms with Crippen molar-refractivity contribution in [3.8, 4) is 6.07 Å². The maximum atomic E-state index is 11.7. The summed E-state index contributed by atoms with van der Waals surface area (Å²) >= 11 is 1.20. The number of ether oxygens (including phenoxy) is 1. The van der Waals surface area contributed by atoms with Crippen LogP contribution in [0.2, 0.25) is 0 Å². The van der Waals surface area contributed by atoms with Crippen LogP contribution in [0.1, 0.15) is 10.4 Å². The highest BCUT2D eigenvalue weighted by Crippen LogP contribution is 2.42. The van der Waals surface area contributed by atoms with Crippen molar-refractivity contribution in [3.63, 3.8) is 0 Å². The largest absolute Gasteiger partial charge is 0.447 e. The Morgan fingerprint density at radius 1 is 1.52 bits per heavy atom. The number of hydrogen-bond donors (Lipinski definition) is 0. The highest BCUT2D eigenvalue weighted by molar-refractivity contribution is 8.15. The van der Waals surface area contributed by atoms with Gasteiger partial charge in [0.15, 0.2) is 11.8 Å². The zero-order chi connectivity index (χ0) is 15.0. The lowest BCUT2D eigenvalue weighted by Crippen LogP contribution is -2.35. The standard InChI is InChI=1S/C12H9N3O4S2/c13-3-5-19-11(16)8-1-2-9-10(7-8)20-12-14-21(17,18)6-4-15(9)12/h1-2,7H,4-6H2. The summed E-state index contributed by atoms with van der Waals surface area (Å²) in [7, 11) is -3.40. The molecule has 1 aromatic carbocycles. The van der Waals surface area contributed by atoms with Crippen molar-refractivity contribution in [2.75, 3.05) is 23.8 Å². The molecule has 0 fully saturated rings. The number of rotatable bonds is 2. The number of amidine groups is 1. The molecule has 0 bridgehead atoms. The molecule has 0 aliphatic carbocycles. The van der Waals surface area contributed by atoms with Gasteiger partial charge in [-0.3, -0.25) is 0 Å². The van der Waals surface area contributed by atoms with Crippen LogP contribution in [0, 0.1) is 11.3 Å². The second-order valence-corrected chi connectivity index (χ2v) is 7.09. The Labute approximate surface area is 125 Å². The summed E-state index contributed by atoms with van der Waals surface area (Å²) in [6, 6.07) is 6.66. The molecule has 0 N–H and O–H groups in total. The summed E-state index contributed by atoms with van der Waals surface area (Å²) in [6.07, 6.45) is 0. The number of nitriles is 1. The molecule has 0 amide bonds. The summed E-state index contributed by atoms with van der Waals surface area (Å²) < 4.78 is 31.5. The van der Waals surface area contributed by atoms with E-state index in [9.17, 15) is 13.2 Å². The number of hydrogen-bond acceptors (Lipinski definition) is 7. The van der Waals surface area contributed by atoms with E-state index in [1.54, 1.807) is 24.3 Å². The molecule has 0 atom stereocenters. The predicted octanol–water partition coefficient (Wildman–Crippen LogP) is 0.978. The van der Waals surface area contributed by atoms with E-state index in [0.717, 1.165) is 10.6 Å². The van der Waals surface area contributed by atoms with Crippen LogP contribution in [0.15, 0.2) is 27.5 Å². The predicted molar refractivity (Wildman–Crippen MR) is 76.8 cm³/mol.